The Morgan fingerprint density at radius 3 is 2.72 bits per heavy atom. The van der Waals surface area contributed by atoms with Crippen molar-refractivity contribution in [1.29, 1.82) is 0 Å². The summed E-state index contributed by atoms with van der Waals surface area (Å²) in [5.41, 5.74) is 4.56. The van der Waals surface area contributed by atoms with Gasteiger partial charge in [0.15, 0.2) is 0 Å². The molecule has 3 aromatic rings. The predicted octanol–water partition coefficient (Wildman–Crippen LogP) is 6.16. The molecule has 6 rings (SSSR count). The number of aliphatic hydroxyl groups excluding tert-OH is 1. The molecule has 3 aliphatic rings. The van der Waals surface area contributed by atoms with E-state index in [1.807, 2.05) is 6.92 Å². The second kappa shape index (κ2) is 8.71. The van der Waals surface area contributed by atoms with Crippen LogP contribution in [0.1, 0.15) is 79.7 Å². The van der Waals surface area contributed by atoms with Crippen molar-refractivity contribution in [3.8, 4) is 0 Å². The summed E-state index contributed by atoms with van der Waals surface area (Å²) in [7, 11) is 0. The Morgan fingerprint density at radius 2 is 1.92 bits per heavy atom. The maximum atomic E-state index is 13.6. The molecule has 6 atom stereocenters. The zero-order valence-electron chi connectivity index (χ0n) is 21.6. The number of fused-ring (bicyclic) bond motifs is 4. The predicted molar refractivity (Wildman–Crippen MR) is 143 cm³/mol. The van der Waals surface area contributed by atoms with Gasteiger partial charge in [-0.05, 0) is 90.8 Å². The lowest BCUT2D eigenvalue weighted by Crippen LogP contribution is -2.45. The highest BCUT2D eigenvalue weighted by atomic mass is 16.5. The molecular formula is C32H37NO3. The van der Waals surface area contributed by atoms with Crippen LogP contribution in [-0.4, -0.2) is 30.3 Å². The van der Waals surface area contributed by atoms with E-state index >= 15 is 0 Å². The van der Waals surface area contributed by atoms with E-state index in [0.29, 0.717) is 12.5 Å². The van der Waals surface area contributed by atoms with Gasteiger partial charge in [-0.2, -0.15) is 0 Å². The van der Waals surface area contributed by atoms with E-state index in [2.05, 4.69) is 79.8 Å². The van der Waals surface area contributed by atoms with Crippen LogP contribution in [0.15, 0.2) is 60.7 Å². The Kier molecular flexibility index (Phi) is 5.73. The molecule has 3 aliphatic carbocycles. The Hall–Kier alpha value is -2.69. The van der Waals surface area contributed by atoms with E-state index in [1.165, 1.54) is 33.0 Å². The van der Waals surface area contributed by atoms with E-state index in [4.69, 9.17) is 4.74 Å². The van der Waals surface area contributed by atoms with Crippen molar-refractivity contribution in [2.45, 2.75) is 70.4 Å². The van der Waals surface area contributed by atoms with Crippen LogP contribution >= 0.6 is 0 Å². The minimum atomic E-state index is -0.260. The third-order valence-electron chi connectivity index (χ3n) is 9.80. The van der Waals surface area contributed by atoms with Crippen LogP contribution in [0, 0.1) is 17.8 Å². The van der Waals surface area contributed by atoms with Crippen molar-refractivity contribution in [1.82, 2.24) is 5.32 Å². The lowest BCUT2D eigenvalue weighted by molar-refractivity contribution is -0.149. The Bertz CT molecular complexity index is 1310. The van der Waals surface area contributed by atoms with Crippen molar-refractivity contribution in [2.75, 3.05) is 13.2 Å². The summed E-state index contributed by atoms with van der Waals surface area (Å²) >= 11 is 0. The van der Waals surface area contributed by atoms with E-state index in [0.717, 1.165) is 25.7 Å². The van der Waals surface area contributed by atoms with Gasteiger partial charge in [-0.25, -0.2) is 0 Å². The highest BCUT2D eigenvalue weighted by Crippen LogP contribution is 2.72. The highest BCUT2D eigenvalue weighted by Gasteiger charge is 2.68. The summed E-state index contributed by atoms with van der Waals surface area (Å²) in [4.78, 5) is 13.6. The number of carbonyl (C=O) groups is 1. The molecule has 1 spiro atoms. The van der Waals surface area contributed by atoms with Crippen LogP contribution in [-0.2, 0) is 9.53 Å². The molecule has 188 valence electrons. The van der Waals surface area contributed by atoms with Gasteiger partial charge in [-0.1, -0.05) is 60.7 Å². The van der Waals surface area contributed by atoms with Gasteiger partial charge in [0.05, 0.1) is 19.1 Å². The smallest absolute Gasteiger partial charge is 0.314 e. The number of benzene rings is 3. The van der Waals surface area contributed by atoms with E-state index < -0.39 is 0 Å². The molecule has 36 heavy (non-hydrogen) atoms. The second-order valence-electron chi connectivity index (χ2n) is 11.5. The van der Waals surface area contributed by atoms with Crippen LogP contribution in [0.25, 0.3) is 10.8 Å². The van der Waals surface area contributed by atoms with Crippen molar-refractivity contribution in [3.05, 3.63) is 82.9 Å². The first-order valence-corrected chi connectivity index (χ1v) is 13.5. The van der Waals surface area contributed by atoms with Crippen molar-refractivity contribution >= 4 is 16.7 Å². The molecule has 3 aromatic carbocycles. The van der Waals surface area contributed by atoms with Gasteiger partial charge in [0.2, 0.25) is 0 Å². The number of carbonyl (C=O) groups excluding carboxylic acids is 1. The molecule has 0 radical (unpaired) electrons. The van der Waals surface area contributed by atoms with E-state index in [-0.39, 0.29) is 41.4 Å². The zero-order valence-corrected chi connectivity index (χ0v) is 21.6. The summed E-state index contributed by atoms with van der Waals surface area (Å²) in [5, 5.41) is 17.3. The van der Waals surface area contributed by atoms with Crippen LogP contribution in [0.5, 0.6) is 0 Å². The topological polar surface area (TPSA) is 58.6 Å². The van der Waals surface area contributed by atoms with Crippen LogP contribution < -0.4 is 5.32 Å². The Morgan fingerprint density at radius 1 is 1.14 bits per heavy atom. The average molecular weight is 484 g/mol. The molecule has 2 fully saturated rings. The highest BCUT2D eigenvalue weighted by molar-refractivity contribution is 5.86. The SMILES string of the molecule is CCOC(=O)[C@H]1c2c(C)cccc2[C@H]2CC[C@@]3(CO)C[C@]21C[C@@H]3N[C@H](C)c1cccc2ccccc12. The standard InChI is InChI=1S/C32H37NO3/c1-4-36-30(35)29-28-20(2)9-7-14-25(28)26-15-16-31(19-34)18-32(26,29)17-27(31)33-21(3)23-13-8-11-22-10-5-6-12-24(22)23/h5-14,21,26-27,29,33-34H,4,15-19H2,1-3H3/t21-,26-,27+,29-,31+,32-/m1/s1. The van der Waals surface area contributed by atoms with Crippen LogP contribution in [0.3, 0.4) is 0 Å². The average Bonchev–Trinajstić information content (AvgIpc) is 3.31. The van der Waals surface area contributed by atoms with Gasteiger partial charge in [0.1, 0.15) is 0 Å². The molecule has 0 saturated heterocycles. The molecule has 2 saturated carbocycles. The third-order valence-corrected chi connectivity index (χ3v) is 9.80. The van der Waals surface area contributed by atoms with Crippen LogP contribution in [0.2, 0.25) is 0 Å². The normalized spacial score (nSPS) is 31.2. The first-order chi connectivity index (χ1) is 17.4. The number of ether oxygens (including phenoxy) is 1. The summed E-state index contributed by atoms with van der Waals surface area (Å²) in [5.74, 6) is -0.0160. The van der Waals surface area contributed by atoms with Crippen molar-refractivity contribution in [2.24, 2.45) is 10.8 Å². The molecule has 4 heteroatoms. The van der Waals surface area contributed by atoms with Crippen LogP contribution in [0.4, 0.5) is 0 Å². The largest absolute Gasteiger partial charge is 0.466 e. The van der Waals surface area contributed by atoms with Gasteiger partial charge >= 0.3 is 5.97 Å². The Labute approximate surface area is 214 Å². The van der Waals surface area contributed by atoms with Gasteiger partial charge in [-0.3, -0.25) is 4.79 Å². The molecule has 0 heterocycles. The fourth-order valence-corrected chi connectivity index (χ4v) is 8.35. The van der Waals surface area contributed by atoms with Gasteiger partial charge in [0, 0.05) is 17.5 Å². The summed E-state index contributed by atoms with van der Waals surface area (Å²) in [6.45, 7) is 6.80. The molecular weight excluding hydrogens is 446 g/mol. The summed E-state index contributed by atoms with van der Waals surface area (Å²) < 4.78 is 5.71. The molecule has 0 aromatic heterocycles. The number of aliphatic hydroxyl groups is 1. The number of rotatable bonds is 6. The summed E-state index contributed by atoms with van der Waals surface area (Å²) in [6, 6.07) is 21.8. The van der Waals surface area contributed by atoms with E-state index in [1.54, 1.807) is 0 Å². The molecule has 4 nitrogen and oxygen atoms in total. The maximum Gasteiger partial charge on any atom is 0.314 e. The number of esters is 1. The quantitative estimate of drug-likeness (QED) is 0.412. The van der Waals surface area contributed by atoms with Gasteiger partial charge in [0.25, 0.3) is 0 Å². The molecule has 2 bridgehead atoms. The second-order valence-corrected chi connectivity index (χ2v) is 11.5. The molecule has 0 unspecified atom stereocenters. The van der Waals surface area contributed by atoms with Crippen molar-refractivity contribution < 1.29 is 14.6 Å². The third kappa shape index (κ3) is 3.30. The first-order valence-electron chi connectivity index (χ1n) is 13.5. The Balaban J connectivity index is 1.40. The maximum absolute atomic E-state index is 13.6. The lowest BCUT2D eigenvalue weighted by Gasteiger charge is -2.44. The number of hydrogen-bond donors (Lipinski definition) is 2. The fourth-order valence-electron chi connectivity index (χ4n) is 8.35. The zero-order chi connectivity index (χ0) is 25.1. The minimum absolute atomic E-state index is 0.0907. The fraction of sp³-hybridized carbons (Fsp3) is 0.469. The van der Waals surface area contributed by atoms with Crippen molar-refractivity contribution in [3.63, 3.8) is 0 Å². The number of hydrogen-bond acceptors (Lipinski definition) is 4. The molecule has 2 N–H and O–H groups in total. The lowest BCUT2D eigenvalue weighted by atomic mass is 9.60. The minimum Gasteiger partial charge on any atom is -0.466 e. The van der Waals surface area contributed by atoms with E-state index in [9.17, 15) is 9.90 Å². The monoisotopic (exact) mass is 483 g/mol. The number of nitrogens with one attached hydrogen (secondary N) is 1. The molecule has 0 amide bonds. The number of aryl methyl sites for hydroxylation is 1. The molecule has 0 aliphatic heterocycles. The summed E-state index contributed by atoms with van der Waals surface area (Å²) in [6.07, 6.45) is 3.72. The first kappa shape index (κ1) is 23.7. The van der Waals surface area contributed by atoms with Gasteiger partial charge in [-0.15, -0.1) is 0 Å². The van der Waals surface area contributed by atoms with Gasteiger partial charge < -0.3 is 15.2 Å².